The van der Waals surface area contributed by atoms with Crippen molar-refractivity contribution >= 4 is 5.78 Å². The Balaban J connectivity index is 1.70. The van der Waals surface area contributed by atoms with E-state index < -0.39 is 0 Å². The smallest absolute Gasteiger partial charge is 0.165 e. The Bertz CT molecular complexity index is 619. The van der Waals surface area contributed by atoms with Gasteiger partial charge in [0.25, 0.3) is 0 Å². The maximum Gasteiger partial charge on any atom is 0.165 e. The Morgan fingerprint density at radius 1 is 0.957 bits per heavy atom. The van der Waals surface area contributed by atoms with Crippen LogP contribution in [0.2, 0.25) is 0 Å². The van der Waals surface area contributed by atoms with Crippen LogP contribution in [0, 0.1) is 0 Å². The number of ether oxygens (including phenoxy) is 1. The van der Waals surface area contributed by atoms with Crippen LogP contribution >= 0.6 is 0 Å². The minimum Gasteiger partial charge on any atom is -0.370 e. The Labute approximate surface area is 137 Å². The summed E-state index contributed by atoms with van der Waals surface area (Å²) < 4.78 is 6.29. The van der Waals surface area contributed by atoms with Gasteiger partial charge in [0.2, 0.25) is 0 Å². The standard InChI is InChI=1S/C20H23NO2/c22-19(18-9-5-2-6-10-18)15-20(11-13-21-14-12-20)23-16-17-7-3-1-4-8-17/h1-10,21H,11-16H2. The lowest BCUT2D eigenvalue weighted by Crippen LogP contribution is -2.45. The maximum atomic E-state index is 12.6. The first-order valence-electron chi connectivity index (χ1n) is 8.24. The molecule has 0 bridgehead atoms. The number of rotatable bonds is 6. The molecule has 0 aromatic heterocycles. The van der Waals surface area contributed by atoms with Crippen LogP contribution in [0.15, 0.2) is 60.7 Å². The van der Waals surface area contributed by atoms with Crippen LogP contribution in [0.25, 0.3) is 0 Å². The largest absolute Gasteiger partial charge is 0.370 e. The van der Waals surface area contributed by atoms with E-state index in [1.807, 2.05) is 48.5 Å². The molecule has 1 N–H and O–H groups in total. The molecule has 0 radical (unpaired) electrons. The van der Waals surface area contributed by atoms with E-state index in [2.05, 4.69) is 17.4 Å². The summed E-state index contributed by atoms with van der Waals surface area (Å²) in [5, 5.41) is 3.36. The lowest BCUT2D eigenvalue weighted by Gasteiger charge is -2.37. The first-order chi connectivity index (χ1) is 11.3. The fourth-order valence-corrected chi connectivity index (χ4v) is 3.08. The van der Waals surface area contributed by atoms with Gasteiger partial charge in [-0.25, -0.2) is 0 Å². The van der Waals surface area contributed by atoms with E-state index >= 15 is 0 Å². The first kappa shape index (κ1) is 15.9. The average molecular weight is 309 g/mol. The molecular weight excluding hydrogens is 286 g/mol. The first-order valence-corrected chi connectivity index (χ1v) is 8.24. The molecule has 0 amide bonds. The Morgan fingerprint density at radius 2 is 1.57 bits per heavy atom. The van der Waals surface area contributed by atoms with Crippen LogP contribution in [0.5, 0.6) is 0 Å². The molecule has 0 atom stereocenters. The van der Waals surface area contributed by atoms with Gasteiger partial charge in [-0.2, -0.15) is 0 Å². The number of carbonyl (C=O) groups is 1. The van der Waals surface area contributed by atoms with Crippen molar-refractivity contribution in [2.75, 3.05) is 13.1 Å². The van der Waals surface area contributed by atoms with E-state index in [0.29, 0.717) is 13.0 Å². The van der Waals surface area contributed by atoms with Crippen molar-refractivity contribution in [1.82, 2.24) is 5.32 Å². The zero-order chi connectivity index (χ0) is 16.0. The van der Waals surface area contributed by atoms with Crippen molar-refractivity contribution in [1.29, 1.82) is 0 Å². The zero-order valence-corrected chi connectivity index (χ0v) is 13.3. The summed E-state index contributed by atoms with van der Waals surface area (Å²) in [6, 6.07) is 19.7. The van der Waals surface area contributed by atoms with Crippen molar-refractivity contribution in [3.05, 3.63) is 71.8 Å². The predicted octanol–water partition coefficient (Wildman–Crippen LogP) is 3.60. The van der Waals surface area contributed by atoms with Gasteiger partial charge in [0.1, 0.15) is 0 Å². The van der Waals surface area contributed by atoms with Crippen LogP contribution in [0.1, 0.15) is 35.2 Å². The number of Topliss-reactive ketones (excluding diaryl/α,β-unsaturated/α-hetero) is 1. The summed E-state index contributed by atoms with van der Waals surface area (Å²) in [4.78, 5) is 12.6. The summed E-state index contributed by atoms with van der Waals surface area (Å²) in [6.07, 6.45) is 2.20. The van der Waals surface area contributed by atoms with Crippen LogP contribution < -0.4 is 5.32 Å². The molecular formula is C20H23NO2. The second-order valence-electron chi connectivity index (χ2n) is 6.17. The van der Waals surface area contributed by atoms with E-state index in [1.54, 1.807) is 0 Å². The van der Waals surface area contributed by atoms with Gasteiger partial charge in [-0.3, -0.25) is 4.79 Å². The number of carbonyl (C=O) groups excluding carboxylic acids is 1. The minimum atomic E-state index is -0.353. The van der Waals surface area contributed by atoms with E-state index in [0.717, 1.165) is 37.1 Å². The van der Waals surface area contributed by atoms with Gasteiger partial charge in [0.05, 0.1) is 12.2 Å². The fraction of sp³-hybridized carbons (Fsp3) is 0.350. The molecule has 1 saturated heterocycles. The Hall–Kier alpha value is -1.97. The molecule has 120 valence electrons. The highest BCUT2D eigenvalue weighted by Gasteiger charge is 2.35. The topological polar surface area (TPSA) is 38.3 Å². The molecule has 1 aliphatic heterocycles. The molecule has 0 spiro atoms. The van der Waals surface area contributed by atoms with Crippen LogP contribution in [-0.2, 0) is 11.3 Å². The van der Waals surface area contributed by atoms with Gasteiger partial charge >= 0.3 is 0 Å². The van der Waals surface area contributed by atoms with Crippen molar-refractivity contribution in [3.8, 4) is 0 Å². The fourth-order valence-electron chi connectivity index (χ4n) is 3.08. The third-order valence-corrected chi connectivity index (χ3v) is 4.48. The van der Waals surface area contributed by atoms with Gasteiger partial charge in [-0.15, -0.1) is 0 Å². The number of nitrogens with one attached hydrogen (secondary N) is 1. The normalized spacial score (nSPS) is 16.9. The third kappa shape index (κ3) is 4.27. The molecule has 3 rings (SSSR count). The van der Waals surface area contributed by atoms with Crippen molar-refractivity contribution in [2.24, 2.45) is 0 Å². The van der Waals surface area contributed by atoms with E-state index in [1.165, 1.54) is 0 Å². The molecule has 0 aliphatic carbocycles. The van der Waals surface area contributed by atoms with Gasteiger partial charge in [-0.1, -0.05) is 60.7 Å². The summed E-state index contributed by atoms with van der Waals surface area (Å²) >= 11 is 0. The SMILES string of the molecule is O=C(CC1(OCc2ccccc2)CCNCC1)c1ccccc1. The molecule has 3 heteroatoms. The van der Waals surface area contributed by atoms with Crippen molar-refractivity contribution in [2.45, 2.75) is 31.5 Å². The zero-order valence-electron chi connectivity index (χ0n) is 13.3. The second-order valence-corrected chi connectivity index (χ2v) is 6.17. The van der Waals surface area contributed by atoms with Crippen LogP contribution in [0.4, 0.5) is 0 Å². The molecule has 2 aromatic rings. The highest BCUT2D eigenvalue weighted by atomic mass is 16.5. The summed E-state index contributed by atoms with van der Waals surface area (Å²) in [6.45, 7) is 2.36. The quantitative estimate of drug-likeness (QED) is 0.829. The van der Waals surface area contributed by atoms with E-state index in [4.69, 9.17) is 4.74 Å². The lowest BCUT2D eigenvalue weighted by atomic mass is 9.85. The number of benzene rings is 2. The average Bonchev–Trinajstić information content (AvgIpc) is 2.62. The molecule has 0 saturated carbocycles. The summed E-state index contributed by atoms with van der Waals surface area (Å²) in [5.41, 5.74) is 1.57. The van der Waals surface area contributed by atoms with Crippen LogP contribution in [0.3, 0.4) is 0 Å². The summed E-state index contributed by atoms with van der Waals surface area (Å²) in [7, 11) is 0. The Morgan fingerprint density at radius 3 is 2.22 bits per heavy atom. The number of piperidine rings is 1. The number of ketones is 1. The molecule has 23 heavy (non-hydrogen) atoms. The highest BCUT2D eigenvalue weighted by Crippen LogP contribution is 2.30. The van der Waals surface area contributed by atoms with Crippen LogP contribution in [-0.4, -0.2) is 24.5 Å². The molecule has 3 nitrogen and oxygen atoms in total. The molecule has 1 aliphatic rings. The predicted molar refractivity (Wildman–Crippen MR) is 91.5 cm³/mol. The van der Waals surface area contributed by atoms with Gasteiger partial charge in [-0.05, 0) is 31.5 Å². The maximum absolute atomic E-state index is 12.6. The molecule has 0 unspecified atom stereocenters. The molecule has 2 aromatic carbocycles. The minimum absolute atomic E-state index is 0.167. The molecule has 1 fully saturated rings. The lowest BCUT2D eigenvalue weighted by molar-refractivity contribution is -0.0751. The van der Waals surface area contributed by atoms with Gasteiger partial charge in [0.15, 0.2) is 5.78 Å². The highest BCUT2D eigenvalue weighted by molar-refractivity contribution is 5.96. The summed E-state index contributed by atoms with van der Waals surface area (Å²) in [5.74, 6) is 0.167. The third-order valence-electron chi connectivity index (χ3n) is 4.48. The Kier molecular flexibility index (Phi) is 5.21. The number of hydrogen-bond acceptors (Lipinski definition) is 3. The van der Waals surface area contributed by atoms with Gasteiger partial charge < -0.3 is 10.1 Å². The number of hydrogen-bond donors (Lipinski definition) is 1. The monoisotopic (exact) mass is 309 g/mol. The van der Waals surface area contributed by atoms with E-state index in [-0.39, 0.29) is 11.4 Å². The van der Waals surface area contributed by atoms with Crippen molar-refractivity contribution < 1.29 is 9.53 Å². The van der Waals surface area contributed by atoms with E-state index in [9.17, 15) is 4.79 Å². The second kappa shape index (κ2) is 7.53. The van der Waals surface area contributed by atoms with Gasteiger partial charge in [0, 0.05) is 12.0 Å². The molecule has 1 heterocycles. The van der Waals surface area contributed by atoms with Crippen molar-refractivity contribution in [3.63, 3.8) is 0 Å².